The summed E-state index contributed by atoms with van der Waals surface area (Å²) in [4.78, 5) is 43.3. The quantitative estimate of drug-likeness (QED) is 0.551. The van der Waals surface area contributed by atoms with E-state index in [-0.39, 0.29) is 35.7 Å². The van der Waals surface area contributed by atoms with Crippen LogP contribution in [0.4, 0.5) is 0 Å². The first-order valence-electron chi connectivity index (χ1n) is 9.23. The van der Waals surface area contributed by atoms with Crippen molar-refractivity contribution < 1.29 is 9.59 Å². The zero-order chi connectivity index (χ0) is 19.4. The van der Waals surface area contributed by atoms with Crippen LogP contribution < -0.4 is 10.9 Å². The minimum atomic E-state index is -0.170. The predicted octanol–water partition coefficient (Wildman–Crippen LogP) is 1.81. The van der Waals surface area contributed by atoms with Crippen LogP contribution in [0.15, 0.2) is 34.2 Å². The van der Waals surface area contributed by atoms with Crippen LogP contribution in [0.2, 0.25) is 0 Å². The predicted molar refractivity (Wildman–Crippen MR) is 106 cm³/mol. The Morgan fingerprint density at radius 3 is 2.70 bits per heavy atom. The van der Waals surface area contributed by atoms with E-state index in [9.17, 15) is 14.4 Å². The number of carbonyl (C=O) groups excluding carboxylic acids is 2. The lowest BCUT2D eigenvalue weighted by Crippen LogP contribution is -2.41. The van der Waals surface area contributed by atoms with Crippen molar-refractivity contribution in [2.75, 3.05) is 25.4 Å². The standard InChI is InChI=1S/C19H24N4O3S/c1-3-20-16(24)11-22(4-2)17(25)12-27-19-21-15-8-6-5-7-14(15)18(26)23(19)13-9-10-13/h5-8,13H,3-4,9-12H2,1-2H3,(H,20,24). The molecule has 1 saturated carbocycles. The van der Waals surface area contributed by atoms with Gasteiger partial charge in [-0.2, -0.15) is 0 Å². The largest absolute Gasteiger partial charge is 0.355 e. The summed E-state index contributed by atoms with van der Waals surface area (Å²) in [6.45, 7) is 4.72. The molecule has 0 saturated heterocycles. The van der Waals surface area contributed by atoms with Gasteiger partial charge in [-0.05, 0) is 38.8 Å². The highest BCUT2D eigenvalue weighted by atomic mass is 32.2. The number of benzene rings is 1. The summed E-state index contributed by atoms with van der Waals surface area (Å²) in [7, 11) is 0. The average Bonchev–Trinajstić information content (AvgIpc) is 3.49. The van der Waals surface area contributed by atoms with E-state index in [0.717, 1.165) is 12.8 Å². The number of carbonyl (C=O) groups is 2. The number of nitrogens with one attached hydrogen (secondary N) is 1. The number of rotatable bonds is 8. The SMILES string of the molecule is CCNC(=O)CN(CC)C(=O)CSc1nc2ccccc2c(=O)n1C1CC1. The smallest absolute Gasteiger partial charge is 0.262 e. The van der Waals surface area contributed by atoms with Crippen LogP contribution in [0, 0.1) is 0 Å². The number of aromatic nitrogens is 2. The van der Waals surface area contributed by atoms with E-state index in [1.54, 1.807) is 10.6 Å². The lowest BCUT2D eigenvalue weighted by atomic mass is 10.2. The first-order valence-corrected chi connectivity index (χ1v) is 10.2. The minimum Gasteiger partial charge on any atom is -0.355 e. The molecule has 0 unspecified atom stereocenters. The van der Waals surface area contributed by atoms with Gasteiger partial charge < -0.3 is 10.2 Å². The van der Waals surface area contributed by atoms with E-state index < -0.39 is 0 Å². The molecule has 1 heterocycles. The van der Waals surface area contributed by atoms with Gasteiger partial charge in [0.2, 0.25) is 11.8 Å². The van der Waals surface area contributed by atoms with Gasteiger partial charge in [0.15, 0.2) is 5.16 Å². The van der Waals surface area contributed by atoms with Gasteiger partial charge in [-0.25, -0.2) is 4.98 Å². The third kappa shape index (κ3) is 4.50. The second kappa shape index (κ2) is 8.56. The summed E-state index contributed by atoms with van der Waals surface area (Å²) < 4.78 is 1.72. The topological polar surface area (TPSA) is 84.3 Å². The number of hydrogen-bond acceptors (Lipinski definition) is 5. The van der Waals surface area contributed by atoms with Gasteiger partial charge in [0.1, 0.15) is 0 Å². The summed E-state index contributed by atoms with van der Waals surface area (Å²) >= 11 is 1.27. The van der Waals surface area contributed by atoms with Gasteiger partial charge in [-0.1, -0.05) is 23.9 Å². The number of para-hydroxylation sites is 1. The molecule has 0 radical (unpaired) electrons. The van der Waals surface area contributed by atoms with Crippen molar-refractivity contribution in [2.45, 2.75) is 37.9 Å². The van der Waals surface area contributed by atoms with E-state index in [2.05, 4.69) is 10.3 Å². The molecule has 1 aromatic heterocycles. The Kier molecular flexibility index (Phi) is 6.15. The fraction of sp³-hybridized carbons (Fsp3) is 0.474. The lowest BCUT2D eigenvalue weighted by molar-refractivity contribution is -0.133. The van der Waals surface area contributed by atoms with Crippen molar-refractivity contribution in [3.8, 4) is 0 Å². The third-order valence-corrected chi connectivity index (χ3v) is 5.39. The Balaban J connectivity index is 1.78. The van der Waals surface area contributed by atoms with Gasteiger partial charge in [0, 0.05) is 19.1 Å². The molecule has 1 aromatic carbocycles. The van der Waals surface area contributed by atoms with Gasteiger partial charge in [0.25, 0.3) is 5.56 Å². The third-order valence-electron chi connectivity index (χ3n) is 4.46. The molecule has 8 heteroatoms. The fourth-order valence-corrected chi connectivity index (χ4v) is 3.87. The summed E-state index contributed by atoms with van der Waals surface area (Å²) in [6, 6.07) is 7.45. The highest BCUT2D eigenvalue weighted by molar-refractivity contribution is 7.99. The van der Waals surface area contributed by atoms with Crippen LogP contribution in [0.3, 0.4) is 0 Å². The molecule has 3 rings (SSSR count). The second-order valence-electron chi connectivity index (χ2n) is 6.47. The van der Waals surface area contributed by atoms with Crippen molar-refractivity contribution in [2.24, 2.45) is 0 Å². The van der Waals surface area contributed by atoms with Crippen molar-refractivity contribution in [3.05, 3.63) is 34.6 Å². The van der Waals surface area contributed by atoms with Crippen LogP contribution in [0.5, 0.6) is 0 Å². The van der Waals surface area contributed by atoms with E-state index in [1.807, 2.05) is 32.0 Å². The molecule has 1 aliphatic rings. The first kappa shape index (κ1) is 19.4. The Bertz CT molecular complexity index is 907. The van der Waals surface area contributed by atoms with Crippen molar-refractivity contribution >= 4 is 34.5 Å². The van der Waals surface area contributed by atoms with Crippen LogP contribution in [0.1, 0.15) is 32.7 Å². The number of nitrogens with zero attached hydrogens (tertiary/aromatic N) is 3. The zero-order valence-corrected chi connectivity index (χ0v) is 16.4. The summed E-state index contributed by atoms with van der Waals surface area (Å²) in [6.07, 6.45) is 1.92. The van der Waals surface area contributed by atoms with Crippen LogP contribution >= 0.6 is 11.8 Å². The Morgan fingerprint density at radius 1 is 1.30 bits per heavy atom. The van der Waals surface area contributed by atoms with Gasteiger partial charge >= 0.3 is 0 Å². The zero-order valence-electron chi connectivity index (χ0n) is 15.6. The highest BCUT2D eigenvalue weighted by Crippen LogP contribution is 2.36. The first-order chi connectivity index (χ1) is 13.0. The van der Waals surface area contributed by atoms with Crippen molar-refractivity contribution in [1.29, 1.82) is 0 Å². The van der Waals surface area contributed by atoms with Crippen LogP contribution in [-0.2, 0) is 9.59 Å². The molecule has 0 spiro atoms. The molecule has 7 nitrogen and oxygen atoms in total. The summed E-state index contributed by atoms with van der Waals surface area (Å²) in [5, 5.41) is 3.88. The Morgan fingerprint density at radius 2 is 2.04 bits per heavy atom. The summed E-state index contributed by atoms with van der Waals surface area (Å²) in [5.41, 5.74) is 0.594. The van der Waals surface area contributed by atoms with Gasteiger partial charge in [-0.15, -0.1) is 0 Å². The maximum absolute atomic E-state index is 12.8. The molecule has 0 aliphatic heterocycles. The van der Waals surface area contributed by atoms with Crippen molar-refractivity contribution in [1.82, 2.24) is 19.8 Å². The molecule has 2 amide bonds. The van der Waals surface area contributed by atoms with Gasteiger partial charge in [-0.3, -0.25) is 19.0 Å². The molecule has 1 fully saturated rings. The molecule has 2 aromatic rings. The number of thioether (sulfide) groups is 1. The van der Waals surface area contributed by atoms with Gasteiger partial charge in [0.05, 0.1) is 23.2 Å². The molecule has 1 N–H and O–H groups in total. The highest BCUT2D eigenvalue weighted by Gasteiger charge is 2.29. The molecule has 0 atom stereocenters. The molecule has 1 aliphatic carbocycles. The second-order valence-corrected chi connectivity index (χ2v) is 7.41. The minimum absolute atomic E-state index is 0.0459. The van der Waals surface area contributed by atoms with E-state index in [0.29, 0.717) is 29.1 Å². The monoisotopic (exact) mass is 388 g/mol. The molecular formula is C19H24N4O3S. The van der Waals surface area contributed by atoms with E-state index in [1.165, 1.54) is 16.7 Å². The number of hydrogen-bond donors (Lipinski definition) is 1. The molecular weight excluding hydrogens is 364 g/mol. The normalized spacial score (nSPS) is 13.6. The van der Waals surface area contributed by atoms with E-state index in [4.69, 9.17) is 0 Å². The maximum atomic E-state index is 12.8. The van der Waals surface area contributed by atoms with Crippen LogP contribution in [0.25, 0.3) is 10.9 Å². The maximum Gasteiger partial charge on any atom is 0.262 e. The molecule has 27 heavy (non-hydrogen) atoms. The summed E-state index contributed by atoms with van der Waals surface area (Å²) in [5.74, 6) is -0.167. The lowest BCUT2D eigenvalue weighted by Gasteiger charge is -2.20. The Hall–Kier alpha value is -2.35. The number of fused-ring (bicyclic) bond motifs is 1. The van der Waals surface area contributed by atoms with E-state index >= 15 is 0 Å². The molecule has 144 valence electrons. The Labute approximate surface area is 162 Å². The fourth-order valence-electron chi connectivity index (χ4n) is 2.90. The van der Waals surface area contributed by atoms with Crippen molar-refractivity contribution in [3.63, 3.8) is 0 Å². The molecule has 0 bridgehead atoms. The number of likely N-dealkylation sites (N-methyl/N-ethyl adjacent to an activating group) is 2. The average molecular weight is 388 g/mol. The van der Waals surface area contributed by atoms with Crippen LogP contribution in [-0.4, -0.2) is 51.7 Å². The number of amides is 2.